The van der Waals surface area contributed by atoms with Crippen LogP contribution in [0.1, 0.15) is 27.7 Å². The molecule has 0 aliphatic heterocycles. The molecule has 0 aliphatic carbocycles. The number of carbonyl (C=O) groups excluding carboxylic acids is 3. The van der Waals surface area contributed by atoms with Crippen LogP contribution >= 0.6 is 11.8 Å². The fourth-order valence-electron chi connectivity index (χ4n) is 1.54. The predicted molar refractivity (Wildman–Crippen MR) is 87.4 cm³/mol. The summed E-state index contributed by atoms with van der Waals surface area (Å²) in [6.07, 6.45) is 0. The number of nitrogens with two attached hydrogens (primary N) is 1. The lowest BCUT2D eigenvalue weighted by molar-refractivity contribution is -0.137. The Labute approximate surface area is 136 Å². The maximum Gasteiger partial charge on any atom is 0.315 e. The van der Waals surface area contributed by atoms with Crippen LogP contribution < -0.4 is 16.4 Å². The smallest absolute Gasteiger partial charge is 0.315 e. The molecule has 0 spiro atoms. The van der Waals surface area contributed by atoms with Gasteiger partial charge in [0.15, 0.2) is 0 Å². The first-order valence-electron chi connectivity index (χ1n) is 7.11. The van der Waals surface area contributed by atoms with Crippen LogP contribution in [0.25, 0.3) is 0 Å². The zero-order valence-electron chi connectivity index (χ0n) is 13.9. The van der Waals surface area contributed by atoms with Crippen LogP contribution in [0, 0.1) is 5.92 Å². The van der Waals surface area contributed by atoms with E-state index in [9.17, 15) is 14.4 Å². The number of thioether (sulfide) groups is 1. The van der Waals surface area contributed by atoms with Crippen molar-refractivity contribution in [3.63, 3.8) is 0 Å². The molecule has 0 fully saturated rings. The van der Waals surface area contributed by atoms with Gasteiger partial charge in [-0.1, -0.05) is 13.8 Å². The molecule has 0 rings (SSSR count). The number of amides is 2. The summed E-state index contributed by atoms with van der Waals surface area (Å²) in [5.74, 6) is -0.769. The van der Waals surface area contributed by atoms with Crippen LogP contribution in [-0.4, -0.2) is 54.5 Å². The highest BCUT2D eigenvalue weighted by Gasteiger charge is 2.26. The predicted octanol–water partition coefficient (Wildman–Crippen LogP) is -0.113. The number of rotatable bonds is 9. The molecular formula is C14H27N3O4S. The molecule has 128 valence electrons. The lowest BCUT2D eigenvalue weighted by atomic mass is 10.0. The first kappa shape index (κ1) is 20.7. The van der Waals surface area contributed by atoms with Gasteiger partial charge in [0.05, 0.1) is 19.4 Å². The van der Waals surface area contributed by atoms with Gasteiger partial charge in [-0.25, -0.2) is 0 Å². The summed E-state index contributed by atoms with van der Waals surface area (Å²) in [6, 6.07) is -0.627. The second kappa shape index (κ2) is 9.68. The van der Waals surface area contributed by atoms with E-state index in [2.05, 4.69) is 15.4 Å². The summed E-state index contributed by atoms with van der Waals surface area (Å²) in [6.45, 7) is 7.75. The maximum absolute atomic E-state index is 12.2. The lowest BCUT2D eigenvalue weighted by Gasteiger charge is -2.27. The molecule has 0 aliphatic rings. The molecule has 0 aromatic heterocycles. The van der Waals surface area contributed by atoms with Crippen molar-refractivity contribution in [2.75, 3.05) is 26.0 Å². The van der Waals surface area contributed by atoms with E-state index in [4.69, 9.17) is 5.73 Å². The maximum atomic E-state index is 12.2. The van der Waals surface area contributed by atoms with E-state index >= 15 is 0 Å². The number of hydrogen-bond donors (Lipinski definition) is 3. The standard InChI is InChI=1S/C14H27N3O4S/c1-9(2)12(17-10(18)6-15)13(20)16-8-14(3,4)22-7-11(19)21-5/h9,12H,6-8,15H2,1-5H3,(H,16,20)(H,17,18). The third kappa shape index (κ3) is 8.23. The van der Waals surface area contributed by atoms with Gasteiger partial charge in [-0.2, -0.15) is 0 Å². The Kier molecular flexibility index (Phi) is 9.12. The van der Waals surface area contributed by atoms with Crippen LogP contribution in [0.3, 0.4) is 0 Å². The zero-order chi connectivity index (χ0) is 17.3. The summed E-state index contributed by atoms with van der Waals surface area (Å²) in [7, 11) is 1.34. The van der Waals surface area contributed by atoms with Crippen molar-refractivity contribution in [1.82, 2.24) is 10.6 Å². The van der Waals surface area contributed by atoms with Crippen LogP contribution in [0.2, 0.25) is 0 Å². The molecule has 0 saturated heterocycles. The molecule has 0 saturated carbocycles. The van der Waals surface area contributed by atoms with Gasteiger partial charge in [-0.15, -0.1) is 11.8 Å². The van der Waals surface area contributed by atoms with Crippen molar-refractivity contribution in [2.45, 2.75) is 38.5 Å². The van der Waals surface area contributed by atoms with E-state index in [0.29, 0.717) is 6.54 Å². The first-order chi connectivity index (χ1) is 10.1. The Hall–Kier alpha value is -1.28. The average Bonchev–Trinajstić information content (AvgIpc) is 2.47. The van der Waals surface area contributed by atoms with E-state index in [0.717, 1.165) is 0 Å². The van der Waals surface area contributed by atoms with Crippen molar-refractivity contribution in [3.05, 3.63) is 0 Å². The summed E-state index contributed by atoms with van der Waals surface area (Å²) < 4.78 is 4.26. The average molecular weight is 333 g/mol. The molecule has 4 N–H and O–H groups in total. The van der Waals surface area contributed by atoms with Gasteiger partial charge < -0.3 is 21.1 Å². The monoisotopic (exact) mass is 333 g/mol. The van der Waals surface area contributed by atoms with Gasteiger partial charge in [0.1, 0.15) is 6.04 Å². The molecule has 0 bridgehead atoms. The third-order valence-electron chi connectivity index (χ3n) is 2.95. The molecule has 1 unspecified atom stereocenters. The fourth-order valence-corrected chi connectivity index (χ4v) is 2.34. The molecule has 8 heteroatoms. The van der Waals surface area contributed by atoms with Crippen molar-refractivity contribution in [1.29, 1.82) is 0 Å². The zero-order valence-corrected chi connectivity index (χ0v) is 14.7. The van der Waals surface area contributed by atoms with E-state index in [1.807, 2.05) is 27.7 Å². The first-order valence-corrected chi connectivity index (χ1v) is 8.09. The number of esters is 1. The summed E-state index contributed by atoms with van der Waals surface area (Å²) in [5, 5.41) is 5.41. The Morgan fingerprint density at radius 2 is 1.86 bits per heavy atom. The number of ether oxygens (including phenoxy) is 1. The van der Waals surface area contributed by atoms with Gasteiger partial charge in [0.25, 0.3) is 0 Å². The molecule has 0 heterocycles. The highest BCUT2D eigenvalue weighted by atomic mass is 32.2. The molecule has 7 nitrogen and oxygen atoms in total. The Bertz CT molecular complexity index is 400. The molecule has 0 radical (unpaired) electrons. The van der Waals surface area contributed by atoms with Crippen molar-refractivity contribution >= 4 is 29.5 Å². The lowest BCUT2D eigenvalue weighted by Crippen LogP contribution is -2.52. The Morgan fingerprint density at radius 3 is 2.32 bits per heavy atom. The fraction of sp³-hybridized carbons (Fsp3) is 0.786. The van der Waals surface area contributed by atoms with Gasteiger partial charge in [0, 0.05) is 11.3 Å². The second-order valence-electron chi connectivity index (χ2n) is 5.84. The highest BCUT2D eigenvalue weighted by Crippen LogP contribution is 2.23. The van der Waals surface area contributed by atoms with E-state index in [-0.39, 0.29) is 40.7 Å². The number of nitrogens with one attached hydrogen (secondary N) is 2. The van der Waals surface area contributed by atoms with Gasteiger partial charge in [-0.3, -0.25) is 14.4 Å². The van der Waals surface area contributed by atoms with Crippen LogP contribution in [0.15, 0.2) is 0 Å². The quantitative estimate of drug-likeness (QED) is 0.508. The Balaban J connectivity index is 4.48. The van der Waals surface area contributed by atoms with Crippen LogP contribution in [-0.2, 0) is 19.1 Å². The largest absolute Gasteiger partial charge is 0.468 e. The van der Waals surface area contributed by atoms with Crippen molar-refractivity contribution < 1.29 is 19.1 Å². The minimum absolute atomic E-state index is 0.0543. The van der Waals surface area contributed by atoms with Crippen molar-refractivity contribution in [3.8, 4) is 0 Å². The highest BCUT2D eigenvalue weighted by molar-refractivity contribution is 8.01. The molecule has 22 heavy (non-hydrogen) atoms. The summed E-state index contributed by atoms with van der Waals surface area (Å²) in [5.41, 5.74) is 5.25. The van der Waals surface area contributed by atoms with Gasteiger partial charge in [0.2, 0.25) is 11.8 Å². The van der Waals surface area contributed by atoms with Gasteiger partial charge in [-0.05, 0) is 19.8 Å². The topological polar surface area (TPSA) is 111 Å². The van der Waals surface area contributed by atoms with Crippen LogP contribution in [0.5, 0.6) is 0 Å². The molecule has 0 aromatic rings. The SMILES string of the molecule is COC(=O)CSC(C)(C)CNC(=O)C(NC(=O)CN)C(C)C. The molecular weight excluding hydrogens is 306 g/mol. The van der Waals surface area contributed by atoms with E-state index < -0.39 is 6.04 Å². The van der Waals surface area contributed by atoms with E-state index in [1.165, 1.54) is 18.9 Å². The molecule has 1 atom stereocenters. The normalized spacial score (nSPS) is 12.7. The summed E-state index contributed by atoms with van der Waals surface area (Å²) in [4.78, 5) is 34.7. The number of hydrogen-bond acceptors (Lipinski definition) is 6. The van der Waals surface area contributed by atoms with E-state index in [1.54, 1.807) is 0 Å². The number of carbonyl (C=O) groups is 3. The molecule has 2 amide bonds. The molecule has 0 aromatic carbocycles. The van der Waals surface area contributed by atoms with Gasteiger partial charge >= 0.3 is 5.97 Å². The third-order valence-corrected chi connectivity index (χ3v) is 4.25. The second-order valence-corrected chi connectivity index (χ2v) is 7.52. The minimum Gasteiger partial charge on any atom is -0.468 e. The number of methoxy groups -OCH3 is 1. The summed E-state index contributed by atoms with van der Waals surface area (Å²) >= 11 is 1.40. The minimum atomic E-state index is -0.627. The van der Waals surface area contributed by atoms with Crippen molar-refractivity contribution in [2.24, 2.45) is 11.7 Å². The van der Waals surface area contributed by atoms with Crippen LogP contribution in [0.4, 0.5) is 0 Å². The Morgan fingerprint density at radius 1 is 1.27 bits per heavy atom.